The summed E-state index contributed by atoms with van der Waals surface area (Å²) in [4.78, 5) is 0. The highest BCUT2D eigenvalue weighted by Crippen LogP contribution is 2.35. The van der Waals surface area contributed by atoms with Crippen LogP contribution >= 0.6 is 0 Å². The van der Waals surface area contributed by atoms with Gasteiger partial charge in [0.25, 0.3) is 0 Å². The van der Waals surface area contributed by atoms with Crippen molar-refractivity contribution in [2.45, 2.75) is 0 Å². The lowest BCUT2D eigenvalue weighted by Gasteiger charge is -2.07. The van der Waals surface area contributed by atoms with Crippen molar-refractivity contribution in [3.8, 4) is 11.5 Å². The summed E-state index contributed by atoms with van der Waals surface area (Å²) in [5.74, 6) is 1.54. The van der Waals surface area contributed by atoms with Crippen LogP contribution in [-0.4, -0.2) is 6.79 Å². The van der Waals surface area contributed by atoms with Gasteiger partial charge in [-0.25, -0.2) is 0 Å². The standard InChI is InChI=1S/C13H12N2O2/c14-9-2-1-3-10(6-9)15-11-4-5-12-13(7-11)17-8-16-12/h1-7,15H,8,14H2. The van der Waals surface area contributed by atoms with E-state index in [1.54, 1.807) is 0 Å². The van der Waals surface area contributed by atoms with Crippen molar-refractivity contribution in [3.63, 3.8) is 0 Å². The molecule has 0 fully saturated rings. The normalized spacial score (nSPS) is 12.5. The number of nitrogens with two attached hydrogens (primary N) is 1. The van der Waals surface area contributed by atoms with Gasteiger partial charge in [0, 0.05) is 23.1 Å². The maximum Gasteiger partial charge on any atom is 0.231 e. The minimum atomic E-state index is 0.289. The Bertz CT molecular complexity index is 555. The fraction of sp³-hybridized carbons (Fsp3) is 0.0769. The van der Waals surface area contributed by atoms with Gasteiger partial charge in [-0.05, 0) is 30.3 Å². The lowest BCUT2D eigenvalue weighted by molar-refractivity contribution is 0.174. The maximum absolute atomic E-state index is 5.72. The zero-order valence-corrected chi connectivity index (χ0v) is 9.14. The van der Waals surface area contributed by atoms with Crippen molar-refractivity contribution < 1.29 is 9.47 Å². The molecule has 0 bridgehead atoms. The molecule has 0 spiro atoms. The summed E-state index contributed by atoms with van der Waals surface area (Å²) in [7, 11) is 0. The van der Waals surface area contributed by atoms with Crippen molar-refractivity contribution in [2.75, 3.05) is 17.8 Å². The molecule has 0 saturated heterocycles. The molecule has 86 valence electrons. The van der Waals surface area contributed by atoms with Crippen molar-refractivity contribution in [1.29, 1.82) is 0 Å². The summed E-state index contributed by atoms with van der Waals surface area (Å²) < 4.78 is 10.6. The second-order valence-corrected chi connectivity index (χ2v) is 3.82. The largest absolute Gasteiger partial charge is 0.454 e. The molecule has 1 heterocycles. The highest BCUT2D eigenvalue weighted by atomic mass is 16.7. The van der Waals surface area contributed by atoms with Crippen LogP contribution in [0.15, 0.2) is 42.5 Å². The van der Waals surface area contributed by atoms with E-state index >= 15 is 0 Å². The number of anilines is 3. The minimum Gasteiger partial charge on any atom is -0.454 e. The molecular weight excluding hydrogens is 216 g/mol. The van der Waals surface area contributed by atoms with E-state index < -0.39 is 0 Å². The zero-order chi connectivity index (χ0) is 11.7. The van der Waals surface area contributed by atoms with E-state index in [-0.39, 0.29) is 6.79 Å². The monoisotopic (exact) mass is 228 g/mol. The third-order valence-electron chi connectivity index (χ3n) is 2.55. The Morgan fingerprint density at radius 2 is 1.76 bits per heavy atom. The molecule has 3 N–H and O–H groups in total. The van der Waals surface area contributed by atoms with Crippen LogP contribution < -0.4 is 20.5 Å². The van der Waals surface area contributed by atoms with E-state index in [1.165, 1.54) is 0 Å². The molecule has 0 aliphatic carbocycles. The van der Waals surface area contributed by atoms with Crippen LogP contribution in [0.1, 0.15) is 0 Å². The Balaban J connectivity index is 1.86. The maximum atomic E-state index is 5.72. The topological polar surface area (TPSA) is 56.5 Å². The quantitative estimate of drug-likeness (QED) is 0.776. The third kappa shape index (κ3) is 1.97. The van der Waals surface area contributed by atoms with E-state index in [2.05, 4.69) is 5.32 Å². The average Bonchev–Trinajstić information content (AvgIpc) is 2.76. The summed E-state index contributed by atoms with van der Waals surface area (Å²) in [6, 6.07) is 13.3. The first-order chi connectivity index (χ1) is 8.31. The first-order valence-corrected chi connectivity index (χ1v) is 5.33. The smallest absolute Gasteiger partial charge is 0.231 e. The van der Waals surface area contributed by atoms with Crippen molar-refractivity contribution in [3.05, 3.63) is 42.5 Å². The highest BCUT2D eigenvalue weighted by molar-refractivity contribution is 5.66. The van der Waals surface area contributed by atoms with Gasteiger partial charge < -0.3 is 20.5 Å². The molecule has 1 aliphatic rings. The van der Waals surface area contributed by atoms with Gasteiger partial charge in [0.05, 0.1) is 0 Å². The van der Waals surface area contributed by atoms with Gasteiger partial charge >= 0.3 is 0 Å². The number of benzene rings is 2. The number of hydrogen-bond donors (Lipinski definition) is 2. The molecule has 2 aromatic carbocycles. The van der Waals surface area contributed by atoms with Gasteiger partial charge in [0.15, 0.2) is 11.5 Å². The van der Waals surface area contributed by atoms with Crippen LogP contribution in [0.2, 0.25) is 0 Å². The molecular formula is C13H12N2O2. The lowest BCUT2D eigenvalue weighted by Crippen LogP contribution is -1.93. The summed E-state index contributed by atoms with van der Waals surface area (Å²) in [5, 5.41) is 3.26. The van der Waals surface area contributed by atoms with Gasteiger partial charge in [0.1, 0.15) is 0 Å². The minimum absolute atomic E-state index is 0.289. The fourth-order valence-electron chi connectivity index (χ4n) is 1.76. The van der Waals surface area contributed by atoms with Gasteiger partial charge in [0.2, 0.25) is 6.79 Å². The molecule has 0 unspecified atom stereocenters. The second kappa shape index (κ2) is 3.90. The van der Waals surface area contributed by atoms with Gasteiger partial charge in [-0.15, -0.1) is 0 Å². The van der Waals surface area contributed by atoms with Gasteiger partial charge in [-0.1, -0.05) is 6.07 Å². The molecule has 4 heteroatoms. The Morgan fingerprint density at radius 3 is 2.65 bits per heavy atom. The Hall–Kier alpha value is -2.36. The summed E-state index contributed by atoms with van der Waals surface area (Å²) >= 11 is 0. The third-order valence-corrected chi connectivity index (χ3v) is 2.55. The predicted molar refractivity (Wildman–Crippen MR) is 66.7 cm³/mol. The van der Waals surface area contributed by atoms with Crippen molar-refractivity contribution in [1.82, 2.24) is 0 Å². The second-order valence-electron chi connectivity index (χ2n) is 3.82. The van der Waals surface area contributed by atoms with Gasteiger partial charge in [-0.3, -0.25) is 0 Å². The molecule has 1 aliphatic heterocycles. The molecule has 0 radical (unpaired) electrons. The molecule has 3 rings (SSSR count). The van der Waals surface area contributed by atoms with E-state index in [4.69, 9.17) is 15.2 Å². The number of rotatable bonds is 2. The number of fused-ring (bicyclic) bond motifs is 1. The predicted octanol–water partition coefficient (Wildman–Crippen LogP) is 2.74. The number of ether oxygens (including phenoxy) is 2. The van der Waals surface area contributed by atoms with Crippen LogP contribution in [0.5, 0.6) is 11.5 Å². The molecule has 0 saturated carbocycles. The lowest BCUT2D eigenvalue weighted by atomic mass is 10.2. The van der Waals surface area contributed by atoms with Crippen molar-refractivity contribution >= 4 is 17.1 Å². The van der Waals surface area contributed by atoms with E-state index in [0.29, 0.717) is 0 Å². The fourth-order valence-corrected chi connectivity index (χ4v) is 1.76. The number of nitrogen functional groups attached to an aromatic ring is 1. The van der Waals surface area contributed by atoms with Gasteiger partial charge in [-0.2, -0.15) is 0 Å². The van der Waals surface area contributed by atoms with E-state index in [0.717, 1.165) is 28.6 Å². The van der Waals surface area contributed by atoms with Crippen LogP contribution in [0, 0.1) is 0 Å². The van der Waals surface area contributed by atoms with Crippen LogP contribution in [0.3, 0.4) is 0 Å². The van der Waals surface area contributed by atoms with Crippen LogP contribution in [-0.2, 0) is 0 Å². The summed E-state index contributed by atoms with van der Waals surface area (Å²) in [6.45, 7) is 0.289. The Morgan fingerprint density at radius 1 is 0.941 bits per heavy atom. The van der Waals surface area contributed by atoms with E-state index in [9.17, 15) is 0 Å². The summed E-state index contributed by atoms with van der Waals surface area (Å²) in [5.41, 5.74) is 8.34. The first-order valence-electron chi connectivity index (χ1n) is 5.33. The number of hydrogen-bond acceptors (Lipinski definition) is 4. The zero-order valence-electron chi connectivity index (χ0n) is 9.14. The molecule has 0 amide bonds. The molecule has 0 atom stereocenters. The first kappa shape index (κ1) is 9.84. The average molecular weight is 228 g/mol. The molecule has 17 heavy (non-hydrogen) atoms. The highest BCUT2D eigenvalue weighted by Gasteiger charge is 2.12. The van der Waals surface area contributed by atoms with E-state index in [1.807, 2.05) is 42.5 Å². The number of nitrogens with one attached hydrogen (secondary N) is 1. The molecule has 2 aromatic rings. The summed E-state index contributed by atoms with van der Waals surface area (Å²) in [6.07, 6.45) is 0. The van der Waals surface area contributed by atoms with Crippen LogP contribution in [0.25, 0.3) is 0 Å². The molecule has 4 nitrogen and oxygen atoms in total. The molecule has 0 aromatic heterocycles. The van der Waals surface area contributed by atoms with Crippen molar-refractivity contribution in [2.24, 2.45) is 0 Å². The van der Waals surface area contributed by atoms with Crippen LogP contribution in [0.4, 0.5) is 17.1 Å². The Kier molecular flexibility index (Phi) is 2.26. The Labute approximate surface area is 99.0 Å². The SMILES string of the molecule is Nc1cccc(Nc2ccc3c(c2)OCO3)c1.